The molecule has 1 aromatic heterocycles. The lowest BCUT2D eigenvalue weighted by atomic mass is 10.3. The number of imidazole rings is 1. The smallest absolute Gasteiger partial charge is 0.204 e. The van der Waals surface area contributed by atoms with Crippen LogP contribution < -0.4 is 5.32 Å². The molecule has 0 aliphatic carbocycles. The maximum absolute atomic E-state index is 4.47. The summed E-state index contributed by atoms with van der Waals surface area (Å²) in [4.78, 5) is 4.47. The van der Waals surface area contributed by atoms with Crippen LogP contribution in [0.15, 0.2) is 24.3 Å². The van der Waals surface area contributed by atoms with Crippen LogP contribution in [0, 0.1) is 11.8 Å². The Kier molecular flexibility index (Phi) is 2.59. The van der Waals surface area contributed by atoms with Crippen molar-refractivity contribution >= 4 is 17.0 Å². The summed E-state index contributed by atoms with van der Waals surface area (Å²) in [5, 5.41) is 3.18. The molecular weight excluding hydrogens is 186 g/mol. The van der Waals surface area contributed by atoms with Gasteiger partial charge in [0.15, 0.2) is 0 Å². The zero-order valence-electron chi connectivity index (χ0n) is 8.91. The Morgan fingerprint density at radius 3 is 2.93 bits per heavy atom. The lowest BCUT2D eigenvalue weighted by Gasteiger charge is -2.01. The monoisotopic (exact) mass is 199 g/mol. The average Bonchev–Trinajstić information content (AvgIpc) is 2.57. The van der Waals surface area contributed by atoms with Gasteiger partial charge in [-0.2, -0.15) is 0 Å². The minimum atomic E-state index is 0.633. The minimum absolute atomic E-state index is 0.633. The molecule has 1 N–H and O–H groups in total. The van der Waals surface area contributed by atoms with E-state index in [2.05, 4.69) is 28.2 Å². The minimum Gasteiger partial charge on any atom is -0.345 e. The van der Waals surface area contributed by atoms with Gasteiger partial charge in [-0.3, -0.25) is 0 Å². The molecular formula is C12H13N3. The largest absolute Gasteiger partial charge is 0.345 e. The fourth-order valence-corrected chi connectivity index (χ4v) is 1.52. The van der Waals surface area contributed by atoms with Crippen molar-refractivity contribution in [2.24, 2.45) is 7.05 Å². The number of hydrogen-bond donors (Lipinski definition) is 1. The molecule has 0 saturated heterocycles. The molecule has 0 aliphatic heterocycles. The van der Waals surface area contributed by atoms with E-state index in [1.54, 1.807) is 0 Å². The van der Waals surface area contributed by atoms with Gasteiger partial charge in [0.2, 0.25) is 5.95 Å². The van der Waals surface area contributed by atoms with Gasteiger partial charge in [-0.15, -0.1) is 5.92 Å². The molecule has 3 heteroatoms. The predicted molar refractivity (Wildman–Crippen MR) is 62.7 cm³/mol. The maximum atomic E-state index is 4.47. The Bertz CT molecular complexity index is 529. The van der Waals surface area contributed by atoms with Crippen LogP contribution in [0.3, 0.4) is 0 Å². The molecule has 2 rings (SSSR count). The summed E-state index contributed by atoms with van der Waals surface area (Å²) in [5.74, 6) is 6.66. The first-order valence-corrected chi connectivity index (χ1v) is 4.88. The number of nitrogens with one attached hydrogen (secondary N) is 1. The second-order valence-electron chi connectivity index (χ2n) is 3.26. The molecule has 0 bridgehead atoms. The number of anilines is 1. The van der Waals surface area contributed by atoms with Gasteiger partial charge < -0.3 is 9.88 Å². The van der Waals surface area contributed by atoms with E-state index >= 15 is 0 Å². The third-order valence-corrected chi connectivity index (χ3v) is 2.30. The van der Waals surface area contributed by atoms with Gasteiger partial charge in [0.05, 0.1) is 17.6 Å². The first-order chi connectivity index (χ1) is 7.33. The van der Waals surface area contributed by atoms with Crippen LogP contribution in [-0.2, 0) is 7.05 Å². The summed E-state index contributed by atoms with van der Waals surface area (Å²) in [7, 11) is 2.00. The van der Waals surface area contributed by atoms with E-state index in [1.807, 2.05) is 36.7 Å². The van der Waals surface area contributed by atoms with Crippen LogP contribution in [0.5, 0.6) is 0 Å². The van der Waals surface area contributed by atoms with Gasteiger partial charge in [-0.05, 0) is 19.1 Å². The second-order valence-corrected chi connectivity index (χ2v) is 3.26. The number of fused-ring (bicyclic) bond motifs is 1. The van der Waals surface area contributed by atoms with Crippen molar-refractivity contribution in [1.29, 1.82) is 0 Å². The van der Waals surface area contributed by atoms with Crippen LogP contribution in [0.1, 0.15) is 6.92 Å². The standard InChI is InChI=1S/C12H13N3/c1-3-4-9-13-12-14-10-7-5-6-8-11(10)15(12)2/h5-8H,9H2,1-2H3,(H,13,14). The first kappa shape index (κ1) is 9.60. The highest BCUT2D eigenvalue weighted by Crippen LogP contribution is 2.16. The number of aryl methyl sites for hydroxylation is 1. The van der Waals surface area contributed by atoms with E-state index in [4.69, 9.17) is 0 Å². The Hall–Kier alpha value is -1.95. The van der Waals surface area contributed by atoms with Gasteiger partial charge in [-0.1, -0.05) is 18.1 Å². The van der Waals surface area contributed by atoms with Crippen molar-refractivity contribution < 1.29 is 0 Å². The van der Waals surface area contributed by atoms with E-state index in [9.17, 15) is 0 Å². The normalized spacial score (nSPS) is 9.73. The van der Waals surface area contributed by atoms with Crippen LogP contribution in [0.25, 0.3) is 11.0 Å². The first-order valence-electron chi connectivity index (χ1n) is 4.88. The van der Waals surface area contributed by atoms with E-state index in [-0.39, 0.29) is 0 Å². The summed E-state index contributed by atoms with van der Waals surface area (Å²) in [6.07, 6.45) is 0. The lowest BCUT2D eigenvalue weighted by molar-refractivity contribution is 0.946. The molecule has 1 heterocycles. The molecule has 0 aliphatic rings. The van der Waals surface area contributed by atoms with Crippen molar-refractivity contribution in [2.75, 3.05) is 11.9 Å². The van der Waals surface area contributed by atoms with Crippen molar-refractivity contribution in [3.8, 4) is 11.8 Å². The lowest BCUT2D eigenvalue weighted by Crippen LogP contribution is -2.04. The molecule has 0 amide bonds. The zero-order valence-corrected chi connectivity index (χ0v) is 8.91. The van der Waals surface area contributed by atoms with Crippen LogP contribution in [-0.4, -0.2) is 16.1 Å². The second kappa shape index (κ2) is 4.05. The fraction of sp³-hybridized carbons (Fsp3) is 0.250. The molecule has 1 aromatic carbocycles. The molecule has 76 valence electrons. The molecule has 0 spiro atoms. The number of hydrogen-bond acceptors (Lipinski definition) is 2. The van der Waals surface area contributed by atoms with Crippen LogP contribution in [0.4, 0.5) is 5.95 Å². The number of nitrogens with zero attached hydrogens (tertiary/aromatic N) is 2. The van der Waals surface area contributed by atoms with Gasteiger partial charge in [0.1, 0.15) is 0 Å². The molecule has 15 heavy (non-hydrogen) atoms. The summed E-state index contributed by atoms with van der Waals surface area (Å²) in [6, 6.07) is 8.07. The SMILES string of the molecule is CC#CCNc1nc2ccccc2n1C. The molecule has 0 saturated carbocycles. The zero-order chi connectivity index (χ0) is 10.7. The summed E-state index contributed by atoms with van der Waals surface area (Å²) in [6.45, 7) is 2.46. The highest BCUT2D eigenvalue weighted by molar-refractivity contribution is 5.78. The average molecular weight is 199 g/mol. The number of para-hydroxylation sites is 2. The molecule has 0 radical (unpaired) electrons. The van der Waals surface area contributed by atoms with E-state index in [1.165, 1.54) is 0 Å². The molecule has 2 aromatic rings. The van der Waals surface area contributed by atoms with E-state index in [0.29, 0.717) is 6.54 Å². The maximum Gasteiger partial charge on any atom is 0.204 e. The van der Waals surface area contributed by atoms with Crippen LogP contribution in [0.2, 0.25) is 0 Å². The van der Waals surface area contributed by atoms with E-state index in [0.717, 1.165) is 17.0 Å². The summed E-state index contributed by atoms with van der Waals surface area (Å²) in [5.41, 5.74) is 2.14. The number of rotatable bonds is 2. The summed E-state index contributed by atoms with van der Waals surface area (Å²) < 4.78 is 2.03. The highest BCUT2D eigenvalue weighted by Gasteiger charge is 2.04. The Morgan fingerprint density at radius 1 is 1.40 bits per heavy atom. The van der Waals surface area contributed by atoms with Crippen LogP contribution >= 0.6 is 0 Å². The van der Waals surface area contributed by atoms with Gasteiger partial charge in [-0.25, -0.2) is 4.98 Å². The molecule has 0 unspecified atom stereocenters. The topological polar surface area (TPSA) is 29.9 Å². The molecule has 0 fully saturated rings. The Labute approximate surface area is 89.1 Å². The van der Waals surface area contributed by atoms with Crippen molar-refractivity contribution in [2.45, 2.75) is 6.92 Å². The van der Waals surface area contributed by atoms with Gasteiger partial charge >= 0.3 is 0 Å². The van der Waals surface area contributed by atoms with Crippen molar-refractivity contribution in [1.82, 2.24) is 9.55 Å². The number of aromatic nitrogens is 2. The van der Waals surface area contributed by atoms with Crippen molar-refractivity contribution in [3.63, 3.8) is 0 Å². The summed E-state index contributed by atoms with van der Waals surface area (Å²) >= 11 is 0. The third kappa shape index (κ3) is 1.79. The highest BCUT2D eigenvalue weighted by atomic mass is 15.2. The third-order valence-electron chi connectivity index (χ3n) is 2.30. The molecule has 0 atom stereocenters. The van der Waals surface area contributed by atoms with Gasteiger partial charge in [0, 0.05) is 7.05 Å². The number of benzene rings is 1. The van der Waals surface area contributed by atoms with Crippen molar-refractivity contribution in [3.05, 3.63) is 24.3 Å². The Morgan fingerprint density at radius 2 is 2.20 bits per heavy atom. The molecule has 3 nitrogen and oxygen atoms in total. The van der Waals surface area contributed by atoms with E-state index < -0.39 is 0 Å². The fourth-order valence-electron chi connectivity index (χ4n) is 1.52. The predicted octanol–water partition coefficient (Wildman–Crippen LogP) is 2.01. The van der Waals surface area contributed by atoms with Gasteiger partial charge in [0.25, 0.3) is 0 Å². The Balaban J connectivity index is 2.34. The quantitative estimate of drug-likeness (QED) is 0.750.